The first-order chi connectivity index (χ1) is 14.0. The van der Waals surface area contributed by atoms with Crippen molar-refractivity contribution >= 4 is 65.4 Å². The summed E-state index contributed by atoms with van der Waals surface area (Å²) in [5.41, 5.74) is 4.50. The number of benzene rings is 1. The van der Waals surface area contributed by atoms with Crippen molar-refractivity contribution in [3.8, 4) is 0 Å². The Labute approximate surface area is 197 Å². The number of carbonyl (C=O) groups is 2. The number of alkyl halides is 1. The minimum absolute atomic E-state index is 0. The molecule has 1 saturated heterocycles. The quantitative estimate of drug-likeness (QED) is 0.495. The molecule has 0 radical (unpaired) electrons. The van der Waals surface area contributed by atoms with Crippen LogP contribution in [0.4, 0.5) is 10.1 Å². The summed E-state index contributed by atoms with van der Waals surface area (Å²) in [6.07, 6.45) is 4.02. The molecule has 2 aliphatic rings. The first kappa shape index (κ1) is 27.2. The maximum absolute atomic E-state index is 12.8. The van der Waals surface area contributed by atoms with Gasteiger partial charge in [-0.15, -0.1) is 24.8 Å². The lowest BCUT2D eigenvalue weighted by molar-refractivity contribution is -0.138. The van der Waals surface area contributed by atoms with Gasteiger partial charge in [0.1, 0.15) is 6.04 Å². The Kier molecular flexibility index (Phi) is 11.3. The monoisotopic (exact) mass is 492 g/mol. The van der Waals surface area contributed by atoms with Gasteiger partial charge in [-0.05, 0) is 54.6 Å². The van der Waals surface area contributed by atoms with E-state index >= 15 is 0 Å². The van der Waals surface area contributed by atoms with Crippen LogP contribution in [-0.2, 0) is 9.59 Å². The topological polar surface area (TPSA) is 94.0 Å². The van der Waals surface area contributed by atoms with E-state index in [0.29, 0.717) is 21.3 Å². The fourth-order valence-corrected chi connectivity index (χ4v) is 4.04. The molecule has 172 valence electrons. The SMILES string of the molecule is CC(CF)C[C@H](Nc1ccccc1C=C1SC(N2CCCCN2)=NC1=O)C(=O)O.Cl.Cl. The normalized spacial score (nSPS) is 19.2. The van der Waals surface area contributed by atoms with Crippen molar-refractivity contribution in [2.24, 2.45) is 10.9 Å². The molecule has 2 atom stereocenters. The third kappa shape index (κ3) is 7.38. The van der Waals surface area contributed by atoms with Gasteiger partial charge in [0.2, 0.25) is 0 Å². The number of carbonyl (C=O) groups excluding carboxylic acids is 1. The molecular formula is C20H27Cl2FN4O3S. The maximum atomic E-state index is 12.8. The summed E-state index contributed by atoms with van der Waals surface area (Å²) >= 11 is 1.30. The molecule has 1 unspecified atom stereocenters. The second-order valence-electron chi connectivity index (χ2n) is 7.19. The number of rotatable bonds is 7. The summed E-state index contributed by atoms with van der Waals surface area (Å²) in [7, 11) is 0. The van der Waals surface area contributed by atoms with Crippen molar-refractivity contribution in [1.29, 1.82) is 0 Å². The summed E-state index contributed by atoms with van der Waals surface area (Å²) in [5, 5.41) is 15.0. The highest BCUT2D eigenvalue weighted by atomic mass is 35.5. The van der Waals surface area contributed by atoms with Crippen molar-refractivity contribution in [2.45, 2.75) is 32.2 Å². The number of thioether (sulfide) groups is 1. The van der Waals surface area contributed by atoms with E-state index in [4.69, 9.17) is 0 Å². The number of amides is 1. The van der Waals surface area contributed by atoms with Crippen molar-refractivity contribution < 1.29 is 19.1 Å². The second-order valence-corrected chi connectivity index (χ2v) is 8.20. The average Bonchev–Trinajstić information content (AvgIpc) is 3.09. The Hall–Kier alpha value is -1.81. The van der Waals surface area contributed by atoms with E-state index in [-0.39, 0.29) is 43.1 Å². The number of amidine groups is 1. The van der Waals surface area contributed by atoms with Gasteiger partial charge >= 0.3 is 5.97 Å². The number of carboxylic acid groups (broad SMARTS) is 1. The number of aliphatic imine (C=N–C) groups is 1. The van der Waals surface area contributed by atoms with E-state index in [1.807, 2.05) is 11.1 Å². The van der Waals surface area contributed by atoms with Crippen LogP contribution in [-0.4, -0.2) is 53.0 Å². The fourth-order valence-electron chi connectivity index (χ4n) is 3.13. The number of anilines is 1. The molecule has 1 amide bonds. The Morgan fingerprint density at radius 2 is 2.13 bits per heavy atom. The van der Waals surface area contributed by atoms with E-state index in [9.17, 15) is 19.1 Å². The molecule has 3 N–H and O–H groups in total. The van der Waals surface area contributed by atoms with Gasteiger partial charge in [0, 0.05) is 18.8 Å². The predicted molar refractivity (Wildman–Crippen MR) is 128 cm³/mol. The van der Waals surface area contributed by atoms with E-state index in [0.717, 1.165) is 25.9 Å². The molecule has 7 nitrogen and oxygen atoms in total. The average molecular weight is 493 g/mol. The number of para-hydroxylation sites is 1. The van der Waals surface area contributed by atoms with Crippen LogP contribution >= 0.6 is 36.6 Å². The highest BCUT2D eigenvalue weighted by Gasteiger charge is 2.27. The number of carboxylic acids is 1. The Morgan fingerprint density at radius 1 is 1.39 bits per heavy atom. The van der Waals surface area contributed by atoms with Crippen LogP contribution < -0.4 is 10.7 Å². The summed E-state index contributed by atoms with van der Waals surface area (Å²) in [6.45, 7) is 2.75. The molecule has 3 rings (SSSR count). The summed E-state index contributed by atoms with van der Waals surface area (Å²) in [5.74, 6) is -1.72. The zero-order chi connectivity index (χ0) is 20.8. The highest BCUT2D eigenvalue weighted by Crippen LogP contribution is 2.32. The lowest BCUT2D eigenvalue weighted by atomic mass is 10.0. The van der Waals surface area contributed by atoms with Crippen LogP contribution in [0.3, 0.4) is 0 Å². The van der Waals surface area contributed by atoms with E-state index < -0.39 is 18.7 Å². The van der Waals surface area contributed by atoms with Crippen molar-refractivity contribution in [3.05, 3.63) is 34.7 Å². The lowest BCUT2D eigenvalue weighted by Gasteiger charge is -2.28. The highest BCUT2D eigenvalue weighted by molar-refractivity contribution is 8.18. The molecule has 31 heavy (non-hydrogen) atoms. The van der Waals surface area contributed by atoms with E-state index in [1.54, 1.807) is 31.2 Å². The van der Waals surface area contributed by atoms with Gasteiger partial charge in [-0.25, -0.2) is 10.2 Å². The third-order valence-electron chi connectivity index (χ3n) is 4.73. The van der Waals surface area contributed by atoms with Crippen molar-refractivity contribution in [1.82, 2.24) is 10.4 Å². The van der Waals surface area contributed by atoms with E-state index in [1.165, 1.54) is 11.8 Å². The van der Waals surface area contributed by atoms with Gasteiger partial charge in [-0.3, -0.25) is 14.2 Å². The number of nitrogens with zero attached hydrogens (tertiary/aromatic N) is 2. The molecule has 1 fully saturated rings. The third-order valence-corrected chi connectivity index (χ3v) is 5.73. The van der Waals surface area contributed by atoms with Gasteiger partial charge in [-0.2, -0.15) is 4.99 Å². The minimum atomic E-state index is -1.04. The van der Waals surface area contributed by atoms with Crippen LogP contribution in [0, 0.1) is 5.92 Å². The minimum Gasteiger partial charge on any atom is -0.480 e. The van der Waals surface area contributed by atoms with Crippen molar-refractivity contribution in [2.75, 3.05) is 25.1 Å². The largest absolute Gasteiger partial charge is 0.480 e. The molecular weight excluding hydrogens is 466 g/mol. The van der Waals surface area contributed by atoms with Gasteiger partial charge in [-0.1, -0.05) is 25.1 Å². The van der Waals surface area contributed by atoms with Crippen LogP contribution in [0.2, 0.25) is 0 Å². The molecule has 11 heteroatoms. The Morgan fingerprint density at radius 3 is 2.77 bits per heavy atom. The zero-order valence-corrected chi connectivity index (χ0v) is 19.5. The zero-order valence-electron chi connectivity index (χ0n) is 17.0. The summed E-state index contributed by atoms with van der Waals surface area (Å²) < 4.78 is 12.8. The molecule has 1 aromatic carbocycles. The molecule has 2 aliphatic heterocycles. The lowest BCUT2D eigenvalue weighted by Crippen LogP contribution is -2.45. The predicted octanol–water partition coefficient (Wildman–Crippen LogP) is 3.96. The smallest absolute Gasteiger partial charge is 0.326 e. The van der Waals surface area contributed by atoms with Crippen LogP contribution in [0.15, 0.2) is 34.2 Å². The molecule has 2 heterocycles. The van der Waals surface area contributed by atoms with Crippen LogP contribution in [0.1, 0.15) is 31.7 Å². The maximum Gasteiger partial charge on any atom is 0.326 e. The number of hydrazine groups is 1. The molecule has 1 aromatic rings. The number of hydrogen-bond donors (Lipinski definition) is 3. The van der Waals surface area contributed by atoms with Gasteiger partial charge < -0.3 is 10.4 Å². The molecule has 0 aromatic heterocycles. The van der Waals surface area contributed by atoms with E-state index in [2.05, 4.69) is 15.7 Å². The molecule has 0 aliphatic carbocycles. The number of hydrogen-bond acceptors (Lipinski definition) is 6. The van der Waals surface area contributed by atoms with Gasteiger partial charge in [0.15, 0.2) is 5.17 Å². The number of aliphatic carboxylic acids is 1. The fraction of sp³-hybridized carbons (Fsp3) is 0.450. The standard InChI is InChI=1S/C20H25FN4O3S.2ClH/c1-13(12-21)10-16(19(27)28)23-15-7-3-2-6-14(15)11-17-18(26)24-20(29-17)25-9-5-4-8-22-25;;/h2-3,6-7,11,13,16,22-23H,4-5,8-10,12H2,1H3,(H,27,28);2*1H/t13?,16-;;/m0../s1. The summed E-state index contributed by atoms with van der Waals surface area (Å²) in [4.78, 5) is 28.6. The summed E-state index contributed by atoms with van der Waals surface area (Å²) in [6, 6.07) is 6.23. The van der Waals surface area contributed by atoms with Gasteiger partial charge in [0.25, 0.3) is 5.91 Å². The second kappa shape index (κ2) is 12.9. The van der Waals surface area contributed by atoms with Gasteiger partial charge in [0.05, 0.1) is 11.6 Å². The number of nitrogens with one attached hydrogen (secondary N) is 2. The van der Waals surface area contributed by atoms with Crippen LogP contribution in [0.5, 0.6) is 0 Å². The molecule has 0 saturated carbocycles. The Balaban J connectivity index is 0.00000240. The first-order valence-electron chi connectivity index (χ1n) is 9.66. The van der Waals surface area contributed by atoms with Crippen molar-refractivity contribution in [3.63, 3.8) is 0 Å². The Bertz CT molecular complexity index is 834. The van der Waals surface area contributed by atoms with Crippen LogP contribution in [0.25, 0.3) is 6.08 Å². The molecule has 0 bridgehead atoms. The number of halogens is 3. The molecule has 0 spiro atoms. The first-order valence-corrected chi connectivity index (χ1v) is 10.5.